The van der Waals surface area contributed by atoms with Crippen molar-refractivity contribution in [1.29, 1.82) is 0 Å². The topological polar surface area (TPSA) is 65.5 Å². The predicted molar refractivity (Wildman–Crippen MR) is 118 cm³/mol. The Kier molecular flexibility index (Phi) is 10.4. The van der Waals surface area contributed by atoms with Crippen LogP contribution in [0.25, 0.3) is 0 Å². The quantitative estimate of drug-likeness (QED) is 0.322. The molecule has 3 N–H and O–H groups in total. The number of nitrogens with one attached hydrogen (secondary N) is 3. The van der Waals surface area contributed by atoms with Crippen LogP contribution in [0.2, 0.25) is 0 Å². The minimum Gasteiger partial charge on any atom is -0.357 e. The Bertz CT molecular complexity index is 767. The second-order valence-electron chi connectivity index (χ2n) is 5.74. The van der Waals surface area contributed by atoms with E-state index in [1.54, 1.807) is 25.2 Å². The van der Waals surface area contributed by atoms with Crippen molar-refractivity contribution in [3.05, 3.63) is 71.0 Å². The summed E-state index contributed by atoms with van der Waals surface area (Å²) >= 11 is 0. The molecule has 0 bridgehead atoms. The minimum absolute atomic E-state index is 0. The molecule has 2 rings (SSSR count). The SMILES string of the molecule is CCNC(=NCc1cccc(C(=O)NC)c1)NCCc1ccccc1F.I. The van der Waals surface area contributed by atoms with Crippen LogP contribution in [-0.2, 0) is 13.0 Å². The average molecular weight is 484 g/mol. The molecule has 2 aromatic carbocycles. The standard InChI is InChI=1S/C20H25FN4O.HI/c1-3-23-20(24-12-11-16-8-4-5-10-18(16)21)25-14-15-7-6-9-17(13-15)19(26)22-2;/h4-10,13H,3,11-12,14H2,1-2H3,(H,22,26)(H2,23,24,25);1H. The zero-order valence-electron chi connectivity index (χ0n) is 15.6. The molecule has 7 heteroatoms. The summed E-state index contributed by atoms with van der Waals surface area (Å²) in [6, 6.07) is 14.1. The Hall–Kier alpha value is -2.16. The monoisotopic (exact) mass is 484 g/mol. The Morgan fingerprint density at radius 2 is 1.89 bits per heavy atom. The molecule has 0 aliphatic heterocycles. The average Bonchev–Trinajstić information content (AvgIpc) is 2.67. The highest BCUT2D eigenvalue weighted by Gasteiger charge is 2.04. The van der Waals surface area contributed by atoms with E-state index in [9.17, 15) is 9.18 Å². The van der Waals surface area contributed by atoms with Gasteiger partial charge in [0, 0.05) is 25.7 Å². The summed E-state index contributed by atoms with van der Waals surface area (Å²) in [7, 11) is 1.61. The summed E-state index contributed by atoms with van der Waals surface area (Å²) in [4.78, 5) is 16.2. The molecule has 0 unspecified atom stereocenters. The van der Waals surface area contributed by atoms with Crippen molar-refractivity contribution in [2.45, 2.75) is 19.9 Å². The maximum Gasteiger partial charge on any atom is 0.251 e. The van der Waals surface area contributed by atoms with Gasteiger partial charge in [0.2, 0.25) is 0 Å². The van der Waals surface area contributed by atoms with Crippen molar-refractivity contribution in [2.75, 3.05) is 20.1 Å². The van der Waals surface area contributed by atoms with E-state index in [2.05, 4.69) is 20.9 Å². The number of carbonyl (C=O) groups excluding carboxylic acids is 1. The highest BCUT2D eigenvalue weighted by Crippen LogP contribution is 2.07. The van der Waals surface area contributed by atoms with Crippen molar-refractivity contribution < 1.29 is 9.18 Å². The molecule has 0 aliphatic carbocycles. The van der Waals surface area contributed by atoms with Crippen LogP contribution in [-0.4, -0.2) is 32.0 Å². The third-order valence-corrected chi connectivity index (χ3v) is 3.82. The van der Waals surface area contributed by atoms with Crippen LogP contribution in [0.3, 0.4) is 0 Å². The number of guanidine groups is 1. The van der Waals surface area contributed by atoms with E-state index in [-0.39, 0.29) is 35.7 Å². The first-order valence-electron chi connectivity index (χ1n) is 8.70. The molecule has 0 spiro atoms. The fourth-order valence-corrected chi connectivity index (χ4v) is 2.48. The van der Waals surface area contributed by atoms with Crippen LogP contribution in [0.5, 0.6) is 0 Å². The molecule has 1 amide bonds. The van der Waals surface area contributed by atoms with Crippen molar-refractivity contribution in [1.82, 2.24) is 16.0 Å². The van der Waals surface area contributed by atoms with Crippen molar-refractivity contribution in [3.63, 3.8) is 0 Å². The molecule has 0 aliphatic rings. The number of hydrogen-bond donors (Lipinski definition) is 3. The highest BCUT2D eigenvalue weighted by molar-refractivity contribution is 14.0. The second kappa shape index (κ2) is 12.3. The second-order valence-corrected chi connectivity index (χ2v) is 5.74. The lowest BCUT2D eigenvalue weighted by molar-refractivity contribution is 0.0963. The molecule has 0 saturated carbocycles. The summed E-state index contributed by atoms with van der Waals surface area (Å²) in [6.07, 6.45) is 0.573. The lowest BCUT2D eigenvalue weighted by Crippen LogP contribution is -2.38. The van der Waals surface area contributed by atoms with E-state index in [1.165, 1.54) is 6.07 Å². The lowest BCUT2D eigenvalue weighted by Gasteiger charge is -2.12. The summed E-state index contributed by atoms with van der Waals surface area (Å²) < 4.78 is 13.7. The number of halogens is 2. The predicted octanol–water partition coefficient (Wildman–Crippen LogP) is 3.10. The Balaban J connectivity index is 0.00000364. The van der Waals surface area contributed by atoms with Crippen LogP contribution < -0.4 is 16.0 Å². The Morgan fingerprint density at radius 1 is 1.11 bits per heavy atom. The van der Waals surface area contributed by atoms with E-state index in [0.29, 0.717) is 36.6 Å². The van der Waals surface area contributed by atoms with Gasteiger partial charge in [-0.1, -0.05) is 30.3 Å². The number of hydrogen-bond acceptors (Lipinski definition) is 2. The normalized spacial score (nSPS) is 10.7. The maximum atomic E-state index is 13.7. The molecule has 0 atom stereocenters. The number of aliphatic imine (C=N–C) groups is 1. The van der Waals surface area contributed by atoms with Gasteiger partial charge in [-0.15, -0.1) is 24.0 Å². The summed E-state index contributed by atoms with van der Waals surface area (Å²) in [5, 5.41) is 8.99. The van der Waals surface area contributed by atoms with Gasteiger partial charge in [0.15, 0.2) is 5.96 Å². The Labute approximate surface area is 176 Å². The van der Waals surface area contributed by atoms with E-state index in [1.807, 2.05) is 31.2 Å². The number of carbonyl (C=O) groups is 1. The molecule has 2 aromatic rings. The van der Waals surface area contributed by atoms with Gasteiger partial charge in [-0.25, -0.2) is 9.38 Å². The van der Waals surface area contributed by atoms with Crippen LogP contribution in [0.1, 0.15) is 28.4 Å². The number of amides is 1. The Morgan fingerprint density at radius 3 is 2.59 bits per heavy atom. The van der Waals surface area contributed by atoms with Crippen molar-refractivity contribution in [2.24, 2.45) is 4.99 Å². The molecule has 0 aromatic heterocycles. The van der Waals surface area contributed by atoms with Crippen LogP contribution in [0, 0.1) is 5.82 Å². The van der Waals surface area contributed by atoms with Gasteiger partial charge in [0.05, 0.1) is 6.54 Å². The number of benzene rings is 2. The van der Waals surface area contributed by atoms with Gasteiger partial charge < -0.3 is 16.0 Å². The lowest BCUT2D eigenvalue weighted by atomic mass is 10.1. The fraction of sp³-hybridized carbons (Fsp3) is 0.300. The van der Waals surface area contributed by atoms with Crippen LogP contribution in [0.15, 0.2) is 53.5 Å². The molecule has 27 heavy (non-hydrogen) atoms. The third-order valence-electron chi connectivity index (χ3n) is 3.82. The maximum absolute atomic E-state index is 13.7. The number of nitrogens with zero attached hydrogens (tertiary/aromatic N) is 1. The van der Waals surface area contributed by atoms with Gasteiger partial charge in [-0.3, -0.25) is 4.79 Å². The smallest absolute Gasteiger partial charge is 0.251 e. The van der Waals surface area contributed by atoms with Gasteiger partial charge >= 0.3 is 0 Å². The molecule has 0 saturated heterocycles. The van der Waals surface area contributed by atoms with Gasteiger partial charge in [0.1, 0.15) is 5.82 Å². The molecule has 0 fully saturated rings. The number of rotatable bonds is 7. The largest absolute Gasteiger partial charge is 0.357 e. The molecule has 0 radical (unpaired) electrons. The first-order valence-corrected chi connectivity index (χ1v) is 8.70. The first kappa shape index (κ1) is 22.9. The van der Waals surface area contributed by atoms with E-state index < -0.39 is 0 Å². The zero-order valence-corrected chi connectivity index (χ0v) is 17.9. The third kappa shape index (κ3) is 7.54. The summed E-state index contributed by atoms with van der Waals surface area (Å²) in [5.74, 6) is 0.349. The van der Waals surface area contributed by atoms with E-state index >= 15 is 0 Å². The van der Waals surface area contributed by atoms with E-state index in [0.717, 1.165) is 12.1 Å². The van der Waals surface area contributed by atoms with Gasteiger partial charge in [-0.05, 0) is 42.7 Å². The summed E-state index contributed by atoms with van der Waals surface area (Å²) in [6.45, 7) is 3.73. The molecule has 0 heterocycles. The van der Waals surface area contributed by atoms with Gasteiger partial charge in [-0.2, -0.15) is 0 Å². The fourth-order valence-electron chi connectivity index (χ4n) is 2.48. The molecular formula is C20H26FIN4O. The minimum atomic E-state index is -0.192. The highest BCUT2D eigenvalue weighted by atomic mass is 127. The molecule has 146 valence electrons. The molecular weight excluding hydrogens is 458 g/mol. The zero-order chi connectivity index (χ0) is 18.8. The van der Waals surface area contributed by atoms with Gasteiger partial charge in [0.25, 0.3) is 5.91 Å². The van der Waals surface area contributed by atoms with Crippen LogP contribution in [0.4, 0.5) is 4.39 Å². The van der Waals surface area contributed by atoms with E-state index in [4.69, 9.17) is 0 Å². The van der Waals surface area contributed by atoms with Crippen molar-refractivity contribution >= 4 is 35.8 Å². The molecule has 5 nitrogen and oxygen atoms in total. The van der Waals surface area contributed by atoms with Crippen molar-refractivity contribution in [3.8, 4) is 0 Å². The van der Waals surface area contributed by atoms with Crippen LogP contribution >= 0.6 is 24.0 Å². The first-order chi connectivity index (χ1) is 12.6. The summed E-state index contributed by atoms with van der Waals surface area (Å²) in [5.41, 5.74) is 2.23.